The highest BCUT2D eigenvalue weighted by Gasteiger charge is 2.14. The van der Waals surface area contributed by atoms with Gasteiger partial charge in [0.1, 0.15) is 0 Å². The van der Waals surface area contributed by atoms with Gasteiger partial charge in [0.2, 0.25) is 0 Å². The maximum atomic E-state index is 11.6. The highest BCUT2D eigenvalue weighted by molar-refractivity contribution is 7.15. The number of carbonyl (C=O) groups excluding carboxylic acids is 1. The highest BCUT2D eigenvalue weighted by atomic mass is 35.5. The average molecular weight is 374 g/mol. The van der Waals surface area contributed by atoms with E-state index in [9.17, 15) is 4.79 Å². The quantitative estimate of drug-likeness (QED) is 0.754. The highest BCUT2D eigenvalue weighted by Crippen LogP contribution is 2.22. The van der Waals surface area contributed by atoms with Crippen LogP contribution in [0.15, 0.2) is 24.4 Å². The molecular formula is C15H17Cl2N3O2S. The van der Waals surface area contributed by atoms with Gasteiger partial charge in [-0.1, -0.05) is 29.3 Å². The molecular weight excluding hydrogens is 357 g/mol. The Balaban J connectivity index is 2.02. The van der Waals surface area contributed by atoms with Crippen LogP contribution in [0, 0.1) is 0 Å². The van der Waals surface area contributed by atoms with E-state index in [-0.39, 0.29) is 12.5 Å². The zero-order valence-corrected chi connectivity index (χ0v) is 14.9. The van der Waals surface area contributed by atoms with Crippen molar-refractivity contribution in [2.24, 2.45) is 0 Å². The van der Waals surface area contributed by atoms with Crippen LogP contribution < -0.4 is 5.73 Å². The molecule has 0 aliphatic heterocycles. The molecule has 124 valence electrons. The first-order valence-electron chi connectivity index (χ1n) is 6.91. The molecule has 8 heteroatoms. The molecule has 0 aliphatic rings. The van der Waals surface area contributed by atoms with Crippen LogP contribution in [-0.4, -0.2) is 36.1 Å². The average Bonchev–Trinajstić information content (AvgIpc) is 2.91. The fourth-order valence-electron chi connectivity index (χ4n) is 2.08. The molecule has 0 saturated heterocycles. The number of benzene rings is 1. The lowest BCUT2D eigenvalue weighted by Gasteiger charge is -2.20. The van der Waals surface area contributed by atoms with Gasteiger partial charge in [0.05, 0.1) is 13.7 Å². The molecule has 0 bridgehead atoms. The monoisotopic (exact) mass is 373 g/mol. The Kier molecular flexibility index (Phi) is 6.65. The van der Waals surface area contributed by atoms with Gasteiger partial charge in [0.15, 0.2) is 5.13 Å². The topological polar surface area (TPSA) is 68.5 Å². The SMILES string of the molecule is COC(=O)CN(CCc1ccc(Cl)cc1Cl)Cc1cnc(N)s1. The molecule has 0 atom stereocenters. The molecule has 0 saturated carbocycles. The van der Waals surface area contributed by atoms with Gasteiger partial charge in [0.25, 0.3) is 0 Å². The summed E-state index contributed by atoms with van der Waals surface area (Å²) in [5, 5.41) is 1.74. The number of hydrogen-bond donors (Lipinski definition) is 1. The number of halogens is 2. The lowest BCUT2D eigenvalue weighted by molar-refractivity contribution is -0.142. The number of hydrogen-bond acceptors (Lipinski definition) is 6. The number of nitrogens with two attached hydrogens (primary N) is 1. The minimum Gasteiger partial charge on any atom is -0.468 e. The van der Waals surface area contributed by atoms with Crippen LogP contribution in [0.25, 0.3) is 0 Å². The van der Waals surface area contributed by atoms with Gasteiger partial charge in [-0.05, 0) is 24.1 Å². The summed E-state index contributed by atoms with van der Waals surface area (Å²) in [5.74, 6) is -0.287. The second-order valence-corrected chi connectivity index (χ2v) is 6.93. The van der Waals surface area contributed by atoms with Crippen molar-refractivity contribution in [3.8, 4) is 0 Å². The number of ether oxygens (including phenoxy) is 1. The smallest absolute Gasteiger partial charge is 0.319 e. The van der Waals surface area contributed by atoms with Crippen LogP contribution in [0.2, 0.25) is 10.0 Å². The van der Waals surface area contributed by atoms with Gasteiger partial charge in [0, 0.05) is 34.2 Å². The van der Waals surface area contributed by atoms with Crippen LogP contribution in [0.5, 0.6) is 0 Å². The molecule has 1 aromatic heterocycles. The molecule has 2 aromatic rings. The zero-order chi connectivity index (χ0) is 16.8. The van der Waals surface area contributed by atoms with Crippen molar-refractivity contribution in [3.63, 3.8) is 0 Å². The van der Waals surface area contributed by atoms with Crippen molar-refractivity contribution in [3.05, 3.63) is 44.9 Å². The van der Waals surface area contributed by atoms with E-state index in [1.54, 1.807) is 18.3 Å². The second-order valence-electron chi connectivity index (χ2n) is 4.94. The molecule has 0 spiro atoms. The van der Waals surface area contributed by atoms with E-state index in [0.717, 1.165) is 10.4 Å². The Labute approximate surface area is 149 Å². The Morgan fingerprint density at radius 1 is 1.43 bits per heavy atom. The number of nitrogens with zero attached hydrogens (tertiary/aromatic N) is 2. The third-order valence-electron chi connectivity index (χ3n) is 3.24. The fraction of sp³-hybridized carbons (Fsp3) is 0.333. The number of esters is 1. The molecule has 23 heavy (non-hydrogen) atoms. The van der Waals surface area contributed by atoms with E-state index < -0.39 is 0 Å². The second kappa shape index (κ2) is 8.49. The van der Waals surface area contributed by atoms with Crippen LogP contribution in [-0.2, 0) is 22.5 Å². The normalized spacial score (nSPS) is 11.0. The predicted octanol–water partition coefficient (Wildman–Crippen LogP) is 3.25. The van der Waals surface area contributed by atoms with E-state index in [1.165, 1.54) is 18.4 Å². The van der Waals surface area contributed by atoms with Gasteiger partial charge < -0.3 is 10.5 Å². The lowest BCUT2D eigenvalue weighted by Crippen LogP contribution is -2.31. The zero-order valence-electron chi connectivity index (χ0n) is 12.6. The Morgan fingerprint density at radius 2 is 2.22 bits per heavy atom. The number of methoxy groups -OCH3 is 1. The summed E-state index contributed by atoms with van der Waals surface area (Å²) in [7, 11) is 1.38. The Bertz CT molecular complexity index is 678. The van der Waals surface area contributed by atoms with Crippen LogP contribution in [0.1, 0.15) is 10.4 Å². The molecule has 5 nitrogen and oxygen atoms in total. The van der Waals surface area contributed by atoms with Crippen LogP contribution >= 0.6 is 34.5 Å². The third kappa shape index (κ3) is 5.66. The molecule has 0 aliphatic carbocycles. The summed E-state index contributed by atoms with van der Waals surface area (Å²) < 4.78 is 4.75. The van der Waals surface area contributed by atoms with Gasteiger partial charge in [-0.15, -0.1) is 11.3 Å². The third-order valence-corrected chi connectivity index (χ3v) is 4.64. The van der Waals surface area contributed by atoms with Gasteiger partial charge in [-0.2, -0.15) is 0 Å². The van der Waals surface area contributed by atoms with Crippen molar-refractivity contribution in [1.82, 2.24) is 9.88 Å². The molecule has 0 amide bonds. The molecule has 1 heterocycles. The van der Waals surface area contributed by atoms with Crippen molar-refractivity contribution >= 4 is 45.6 Å². The standard InChI is InChI=1S/C15H17Cl2N3O2S/c1-22-14(21)9-20(8-12-7-19-15(18)23-12)5-4-10-2-3-11(16)6-13(10)17/h2-3,6-7H,4-5,8-9H2,1H3,(H2,18,19). The maximum absolute atomic E-state index is 11.6. The summed E-state index contributed by atoms with van der Waals surface area (Å²) in [5.41, 5.74) is 6.63. The predicted molar refractivity (Wildman–Crippen MR) is 94.0 cm³/mol. The van der Waals surface area contributed by atoms with Gasteiger partial charge in [-0.3, -0.25) is 9.69 Å². The first-order valence-corrected chi connectivity index (χ1v) is 8.48. The largest absolute Gasteiger partial charge is 0.468 e. The van der Waals surface area contributed by atoms with Crippen LogP contribution in [0.4, 0.5) is 5.13 Å². The minimum absolute atomic E-state index is 0.194. The first kappa shape index (κ1) is 18.0. The van der Waals surface area contributed by atoms with E-state index >= 15 is 0 Å². The Hall–Kier alpha value is -1.34. The summed E-state index contributed by atoms with van der Waals surface area (Å²) in [6.45, 7) is 1.42. The van der Waals surface area contributed by atoms with Gasteiger partial charge >= 0.3 is 5.97 Å². The summed E-state index contributed by atoms with van der Waals surface area (Å²) >= 11 is 13.5. The molecule has 2 N–H and O–H groups in total. The lowest BCUT2D eigenvalue weighted by atomic mass is 10.1. The first-order chi connectivity index (χ1) is 11.0. The van der Waals surface area contributed by atoms with Crippen molar-refractivity contribution in [1.29, 1.82) is 0 Å². The van der Waals surface area contributed by atoms with E-state index in [4.69, 9.17) is 33.7 Å². The number of nitrogen functional groups attached to an aromatic ring is 1. The maximum Gasteiger partial charge on any atom is 0.319 e. The van der Waals surface area contributed by atoms with E-state index in [1.807, 2.05) is 11.0 Å². The van der Waals surface area contributed by atoms with E-state index in [0.29, 0.717) is 34.7 Å². The number of carbonyl (C=O) groups is 1. The molecule has 1 aromatic carbocycles. The molecule has 2 rings (SSSR count). The number of thiazole rings is 1. The number of rotatable bonds is 7. The van der Waals surface area contributed by atoms with Crippen molar-refractivity contribution < 1.29 is 9.53 Å². The molecule has 0 unspecified atom stereocenters. The summed E-state index contributed by atoms with van der Waals surface area (Å²) in [6.07, 6.45) is 2.42. The van der Waals surface area contributed by atoms with E-state index in [2.05, 4.69) is 4.98 Å². The number of anilines is 1. The molecule has 0 radical (unpaired) electrons. The molecule has 0 fully saturated rings. The van der Waals surface area contributed by atoms with Gasteiger partial charge in [-0.25, -0.2) is 4.98 Å². The van der Waals surface area contributed by atoms with Crippen molar-refractivity contribution in [2.75, 3.05) is 25.9 Å². The summed E-state index contributed by atoms with van der Waals surface area (Å²) in [4.78, 5) is 18.6. The minimum atomic E-state index is -0.287. The summed E-state index contributed by atoms with van der Waals surface area (Å²) in [6, 6.07) is 5.41. The Morgan fingerprint density at radius 3 is 2.83 bits per heavy atom. The van der Waals surface area contributed by atoms with Crippen molar-refractivity contribution in [2.45, 2.75) is 13.0 Å². The van der Waals surface area contributed by atoms with Crippen LogP contribution in [0.3, 0.4) is 0 Å². The fourth-order valence-corrected chi connectivity index (χ4v) is 3.31. The number of aromatic nitrogens is 1.